The van der Waals surface area contributed by atoms with Gasteiger partial charge in [-0.15, -0.1) is 17.5 Å². The molecule has 1 heteroatoms. The minimum atomic E-state index is 0.167. The molecule has 0 unspecified atom stereocenters. The molecule has 0 spiro atoms. The number of hydrogen-bond donors (Lipinski definition) is 0. The average Bonchev–Trinajstić information content (AvgIpc) is 3.15. The summed E-state index contributed by atoms with van der Waals surface area (Å²) in [4.78, 5) is 0. The maximum absolute atomic E-state index is 3.67. The van der Waals surface area contributed by atoms with Gasteiger partial charge < -0.3 is 0 Å². The molecule has 0 heterocycles. The summed E-state index contributed by atoms with van der Waals surface area (Å²) in [6, 6.07) is 15.2. The van der Waals surface area contributed by atoms with Gasteiger partial charge in [0.1, 0.15) is 0 Å². The zero-order chi connectivity index (χ0) is 21.9. The summed E-state index contributed by atoms with van der Waals surface area (Å²) in [7, 11) is 0. The van der Waals surface area contributed by atoms with Crippen LogP contribution in [0.2, 0.25) is 0 Å². The van der Waals surface area contributed by atoms with Gasteiger partial charge >= 0.3 is 40.3 Å². The number of rotatable bonds is 0. The molecular weight excluding hydrogens is 440 g/mol. The van der Waals surface area contributed by atoms with E-state index in [1.165, 1.54) is 46.2 Å². The molecule has 0 atom stereocenters. The van der Waals surface area contributed by atoms with Crippen molar-refractivity contribution in [2.24, 2.45) is 0 Å². The Labute approximate surface area is 198 Å². The van der Waals surface area contributed by atoms with Gasteiger partial charge in [-0.1, -0.05) is 65.3 Å². The van der Waals surface area contributed by atoms with Crippen LogP contribution in [0.1, 0.15) is 83.1 Å². The molecule has 2 aromatic carbocycles. The van der Waals surface area contributed by atoms with Crippen LogP contribution < -0.4 is 0 Å². The van der Waals surface area contributed by atoms with Gasteiger partial charge in [-0.2, -0.15) is 29.8 Å². The third-order valence-electron chi connectivity index (χ3n) is 5.55. The zero-order valence-electron chi connectivity index (χ0n) is 19.4. The Morgan fingerprint density at radius 3 is 2.00 bits per heavy atom. The SMILES string of the molecule is CC(C)(C)c1[c-]c2c(cc1)-c1ccc(C(C)(C)C)cc1C2.[C-]1=CC=CC1.[Zr+2]=[C]1CC1. The fraction of sp³-hybridized carbons (Fsp3) is 0.414. The minimum absolute atomic E-state index is 0.167. The molecule has 3 aliphatic rings. The van der Waals surface area contributed by atoms with E-state index in [-0.39, 0.29) is 10.8 Å². The van der Waals surface area contributed by atoms with Crippen molar-refractivity contribution >= 4 is 3.21 Å². The summed E-state index contributed by atoms with van der Waals surface area (Å²) < 4.78 is 1.76. The van der Waals surface area contributed by atoms with Gasteiger partial charge in [0, 0.05) is 0 Å². The fourth-order valence-corrected chi connectivity index (χ4v) is 3.74. The van der Waals surface area contributed by atoms with Crippen molar-refractivity contribution in [1.82, 2.24) is 0 Å². The molecule has 0 N–H and O–H groups in total. The molecule has 2 aromatic rings. The molecule has 154 valence electrons. The number of fused-ring (bicyclic) bond motifs is 3. The Morgan fingerprint density at radius 2 is 1.53 bits per heavy atom. The van der Waals surface area contributed by atoms with Crippen LogP contribution in [-0.4, -0.2) is 3.21 Å². The molecule has 30 heavy (non-hydrogen) atoms. The zero-order valence-corrected chi connectivity index (χ0v) is 21.9. The van der Waals surface area contributed by atoms with E-state index in [0.717, 1.165) is 12.8 Å². The summed E-state index contributed by atoms with van der Waals surface area (Å²) in [6.07, 6.45) is 13.9. The number of benzene rings is 2. The van der Waals surface area contributed by atoms with Crippen LogP contribution in [-0.2, 0) is 41.5 Å². The Kier molecular flexibility index (Phi) is 7.34. The standard InChI is InChI=1S/C21H25.C5H5.C3H4.Zr/c1-20(2,3)16-7-9-18-14(12-16)11-15-13-17(21(4,5)6)8-10-19(15)18;1-2-4-5-3-1;1-2-3-1;/h7-10,12H,11H2,1-6H3;1-3H,4H2;1-2H2;/q2*-1;;+2. The van der Waals surface area contributed by atoms with Crippen molar-refractivity contribution in [1.29, 1.82) is 0 Å². The van der Waals surface area contributed by atoms with E-state index in [2.05, 4.69) is 90.1 Å². The van der Waals surface area contributed by atoms with Gasteiger partial charge in [0.2, 0.25) is 0 Å². The number of hydrogen-bond acceptors (Lipinski definition) is 0. The molecule has 0 aromatic heterocycles. The van der Waals surface area contributed by atoms with E-state index < -0.39 is 0 Å². The molecule has 0 saturated heterocycles. The third kappa shape index (κ3) is 6.34. The van der Waals surface area contributed by atoms with E-state index in [1.54, 1.807) is 27.4 Å². The molecule has 0 aliphatic heterocycles. The molecule has 5 rings (SSSR count). The Bertz CT molecular complexity index is 897. The van der Waals surface area contributed by atoms with Crippen molar-refractivity contribution in [3.05, 3.63) is 83.0 Å². The van der Waals surface area contributed by atoms with E-state index in [1.807, 2.05) is 12.2 Å². The molecule has 3 aliphatic carbocycles. The fourth-order valence-electron chi connectivity index (χ4n) is 3.43. The molecule has 0 radical (unpaired) electrons. The second kappa shape index (κ2) is 9.44. The third-order valence-corrected chi connectivity index (χ3v) is 6.78. The monoisotopic (exact) mass is 472 g/mol. The predicted octanol–water partition coefficient (Wildman–Crippen LogP) is 7.46. The van der Waals surface area contributed by atoms with E-state index in [0.29, 0.717) is 0 Å². The van der Waals surface area contributed by atoms with Crippen LogP contribution >= 0.6 is 0 Å². The van der Waals surface area contributed by atoms with Crippen LogP contribution in [0, 0.1) is 12.1 Å². The number of allylic oxidation sites excluding steroid dienone is 4. The van der Waals surface area contributed by atoms with Crippen LogP contribution in [0.25, 0.3) is 11.1 Å². The van der Waals surface area contributed by atoms with Gasteiger partial charge in [0.05, 0.1) is 0 Å². The summed E-state index contributed by atoms with van der Waals surface area (Å²) in [5.41, 5.74) is 8.70. The van der Waals surface area contributed by atoms with Crippen molar-refractivity contribution in [2.75, 3.05) is 0 Å². The summed E-state index contributed by atoms with van der Waals surface area (Å²) >= 11 is 1.66. The predicted molar refractivity (Wildman–Crippen MR) is 127 cm³/mol. The first-order valence-corrected chi connectivity index (χ1v) is 12.3. The summed E-state index contributed by atoms with van der Waals surface area (Å²) in [5, 5.41) is 0. The molecule has 1 fully saturated rings. The van der Waals surface area contributed by atoms with E-state index in [9.17, 15) is 0 Å². The second-order valence-corrected chi connectivity index (χ2v) is 12.2. The molecule has 1 saturated carbocycles. The molecule has 0 nitrogen and oxygen atoms in total. The van der Waals surface area contributed by atoms with Crippen LogP contribution in [0.4, 0.5) is 0 Å². The van der Waals surface area contributed by atoms with Crippen LogP contribution in [0.5, 0.6) is 0 Å². The van der Waals surface area contributed by atoms with E-state index in [4.69, 9.17) is 0 Å². The quantitative estimate of drug-likeness (QED) is 0.297. The maximum atomic E-state index is 3.67. The summed E-state index contributed by atoms with van der Waals surface area (Å²) in [6.45, 7) is 13.6. The first kappa shape index (κ1) is 23.3. The van der Waals surface area contributed by atoms with Crippen LogP contribution in [0.3, 0.4) is 0 Å². The average molecular weight is 474 g/mol. The Balaban J connectivity index is 0.000000233. The van der Waals surface area contributed by atoms with E-state index >= 15 is 0 Å². The normalized spacial score (nSPS) is 15.7. The first-order chi connectivity index (χ1) is 14.1. The van der Waals surface area contributed by atoms with Crippen molar-refractivity contribution < 1.29 is 24.2 Å². The van der Waals surface area contributed by atoms with Crippen LogP contribution in [0.15, 0.2) is 48.6 Å². The Morgan fingerprint density at radius 1 is 0.867 bits per heavy atom. The van der Waals surface area contributed by atoms with Crippen molar-refractivity contribution in [3.8, 4) is 11.1 Å². The van der Waals surface area contributed by atoms with Crippen molar-refractivity contribution in [3.63, 3.8) is 0 Å². The molecule has 0 amide bonds. The first-order valence-electron chi connectivity index (χ1n) is 11.0. The Hall–Kier alpha value is -1.33. The van der Waals surface area contributed by atoms with Gasteiger partial charge in [0.25, 0.3) is 0 Å². The molecule has 0 bridgehead atoms. The topological polar surface area (TPSA) is 0 Å². The van der Waals surface area contributed by atoms with Gasteiger partial charge in [-0.3, -0.25) is 6.08 Å². The van der Waals surface area contributed by atoms with Gasteiger partial charge in [-0.25, -0.2) is 12.2 Å². The van der Waals surface area contributed by atoms with Crippen molar-refractivity contribution in [2.45, 2.75) is 78.1 Å². The molecular formula is C29H34Zr. The van der Waals surface area contributed by atoms with Gasteiger partial charge in [0.15, 0.2) is 0 Å². The second-order valence-electron chi connectivity index (χ2n) is 10.4. The van der Waals surface area contributed by atoms with Gasteiger partial charge in [-0.05, 0) is 28.4 Å². The summed E-state index contributed by atoms with van der Waals surface area (Å²) in [5.74, 6) is 0.